The Hall–Kier alpha value is -1.14. The van der Waals surface area contributed by atoms with Crippen molar-refractivity contribution in [3.8, 4) is 0 Å². The molecule has 0 aromatic heterocycles. The van der Waals surface area contributed by atoms with Gasteiger partial charge in [0, 0.05) is 13.6 Å². The van der Waals surface area contributed by atoms with Gasteiger partial charge in [-0.3, -0.25) is 4.31 Å². The SMILES string of the molecule is CN(c1ccc(F)cc1)S(=O)(=O)C1CCNC1. The van der Waals surface area contributed by atoms with E-state index in [4.69, 9.17) is 0 Å². The summed E-state index contributed by atoms with van der Waals surface area (Å²) >= 11 is 0. The van der Waals surface area contributed by atoms with E-state index in [2.05, 4.69) is 5.32 Å². The zero-order valence-corrected chi connectivity index (χ0v) is 10.4. The van der Waals surface area contributed by atoms with Gasteiger partial charge in [-0.05, 0) is 37.2 Å². The van der Waals surface area contributed by atoms with Crippen molar-refractivity contribution >= 4 is 15.7 Å². The third kappa shape index (κ3) is 2.42. The average Bonchev–Trinajstić information content (AvgIpc) is 2.83. The molecule has 1 aliphatic heterocycles. The lowest BCUT2D eigenvalue weighted by Crippen LogP contribution is -2.37. The first kappa shape index (κ1) is 12.3. The zero-order chi connectivity index (χ0) is 12.5. The molecule has 0 spiro atoms. The molecule has 0 saturated carbocycles. The highest BCUT2D eigenvalue weighted by Crippen LogP contribution is 2.21. The number of nitrogens with zero attached hydrogens (tertiary/aromatic N) is 1. The third-order valence-corrected chi connectivity index (χ3v) is 5.23. The fourth-order valence-electron chi connectivity index (χ4n) is 1.90. The van der Waals surface area contributed by atoms with E-state index in [9.17, 15) is 12.8 Å². The molecule has 4 nitrogen and oxygen atoms in total. The number of nitrogens with one attached hydrogen (secondary N) is 1. The molecule has 1 atom stereocenters. The van der Waals surface area contributed by atoms with Crippen LogP contribution in [0.5, 0.6) is 0 Å². The maximum absolute atomic E-state index is 12.8. The number of hydrogen-bond donors (Lipinski definition) is 1. The van der Waals surface area contributed by atoms with Crippen LogP contribution in [0.1, 0.15) is 6.42 Å². The molecular weight excluding hydrogens is 243 g/mol. The van der Waals surface area contributed by atoms with E-state index in [0.29, 0.717) is 18.7 Å². The Balaban J connectivity index is 2.24. The molecule has 0 aliphatic carbocycles. The summed E-state index contributed by atoms with van der Waals surface area (Å²) in [5.74, 6) is -0.373. The lowest BCUT2D eigenvalue weighted by Gasteiger charge is -2.23. The molecule has 1 aromatic rings. The van der Waals surface area contributed by atoms with Gasteiger partial charge in [0.1, 0.15) is 5.82 Å². The quantitative estimate of drug-likeness (QED) is 0.878. The molecule has 1 unspecified atom stereocenters. The molecule has 1 aliphatic rings. The minimum Gasteiger partial charge on any atom is -0.315 e. The second kappa shape index (κ2) is 4.62. The molecule has 1 fully saturated rings. The molecule has 0 amide bonds. The normalized spacial score (nSPS) is 20.5. The van der Waals surface area contributed by atoms with Crippen LogP contribution in [0.25, 0.3) is 0 Å². The number of anilines is 1. The number of sulfonamides is 1. The lowest BCUT2D eigenvalue weighted by molar-refractivity contribution is 0.581. The van der Waals surface area contributed by atoms with E-state index in [1.165, 1.54) is 35.6 Å². The summed E-state index contributed by atoms with van der Waals surface area (Å²) in [7, 11) is -1.86. The minimum atomic E-state index is -3.36. The Morgan fingerprint density at radius 3 is 2.53 bits per heavy atom. The van der Waals surface area contributed by atoms with Crippen molar-refractivity contribution < 1.29 is 12.8 Å². The molecule has 1 N–H and O–H groups in total. The summed E-state index contributed by atoms with van der Waals surface area (Å²) < 4.78 is 38.4. The molecule has 94 valence electrons. The predicted molar refractivity (Wildman–Crippen MR) is 65.0 cm³/mol. The van der Waals surface area contributed by atoms with E-state index in [-0.39, 0.29) is 5.82 Å². The van der Waals surface area contributed by atoms with Crippen LogP contribution in [0.3, 0.4) is 0 Å². The summed E-state index contributed by atoms with van der Waals surface area (Å²) in [4.78, 5) is 0. The monoisotopic (exact) mass is 258 g/mol. The first-order valence-corrected chi connectivity index (χ1v) is 6.96. The number of hydrogen-bond acceptors (Lipinski definition) is 3. The molecule has 17 heavy (non-hydrogen) atoms. The third-order valence-electron chi connectivity index (χ3n) is 3.01. The Bertz CT molecular complexity index is 481. The first-order chi connectivity index (χ1) is 8.01. The van der Waals surface area contributed by atoms with Gasteiger partial charge in [0.15, 0.2) is 0 Å². The Labute approximate surface area is 100 Å². The van der Waals surface area contributed by atoms with Crippen molar-refractivity contribution in [2.24, 2.45) is 0 Å². The maximum Gasteiger partial charge on any atom is 0.239 e. The molecular formula is C11H15FN2O2S. The number of rotatable bonds is 3. The van der Waals surface area contributed by atoms with Crippen molar-refractivity contribution in [3.63, 3.8) is 0 Å². The van der Waals surface area contributed by atoms with Gasteiger partial charge in [-0.1, -0.05) is 0 Å². The first-order valence-electron chi connectivity index (χ1n) is 5.46. The minimum absolute atomic E-state index is 0.373. The highest BCUT2D eigenvalue weighted by molar-refractivity contribution is 7.93. The van der Waals surface area contributed by atoms with Crippen LogP contribution in [0.2, 0.25) is 0 Å². The molecule has 2 rings (SSSR count). The highest BCUT2D eigenvalue weighted by Gasteiger charge is 2.32. The summed E-state index contributed by atoms with van der Waals surface area (Å²) in [5.41, 5.74) is 0.485. The summed E-state index contributed by atoms with van der Waals surface area (Å²) in [6, 6.07) is 5.45. The fraction of sp³-hybridized carbons (Fsp3) is 0.455. The van der Waals surface area contributed by atoms with Gasteiger partial charge in [-0.25, -0.2) is 12.8 Å². The summed E-state index contributed by atoms with van der Waals surface area (Å²) in [6.07, 6.45) is 0.619. The van der Waals surface area contributed by atoms with E-state index in [1.807, 2.05) is 0 Å². The van der Waals surface area contributed by atoms with Gasteiger partial charge < -0.3 is 5.32 Å². The zero-order valence-electron chi connectivity index (χ0n) is 9.56. The molecule has 0 radical (unpaired) electrons. The summed E-state index contributed by atoms with van der Waals surface area (Å²) in [5, 5.41) is 2.64. The Morgan fingerprint density at radius 1 is 1.35 bits per heavy atom. The molecule has 1 aromatic carbocycles. The van der Waals surface area contributed by atoms with Crippen LogP contribution in [-0.2, 0) is 10.0 Å². The second-order valence-corrected chi connectivity index (χ2v) is 6.35. The summed E-state index contributed by atoms with van der Waals surface area (Å²) in [6.45, 7) is 1.20. The van der Waals surface area contributed by atoms with E-state index in [0.717, 1.165) is 6.54 Å². The second-order valence-electron chi connectivity index (χ2n) is 4.10. The van der Waals surface area contributed by atoms with Crippen molar-refractivity contribution in [2.45, 2.75) is 11.7 Å². The molecule has 1 saturated heterocycles. The van der Waals surface area contributed by atoms with Crippen molar-refractivity contribution in [2.75, 3.05) is 24.4 Å². The van der Waals surface area contributed by atoms with Gasteiger partial charge in [0.2, 0.25) is 10.0 Å². The topological polar surface area (TPSA) is 49.4 Å². The van der Waals surface area contributed by atoms with Gasteiger partial charge in [-0.2, -0.15) is 0 Å². The average molecular weight is 258 g/mol. The van der Waals surface area contributed by atoms with Gasteiger partial charge in [-0.15, -0.1) is 0 Å². The van der Waals surface area contributed by atoms with Crippen molar-refractivity contribution in [1.82, 2.24) is 5.32 Å². The Kier molecular flexibility index (Phi) is 3.35. The molecule has 6 heteroatoms. The van der Waals surface area contributed by atoms with Gasteiger partial charge in [0.25, 0.3) is 0 Å². The number of benzene rings is 1. The standard InChI is InChI=1S/C11H15FN2O2S/c1-14(10-4-2-9(12)3-5-10)17(15,16)11-6-7-13-8-11/h2-5,11,13H,6-8H2,1H3. The van der Waals surface area contributed by atoms with Crippen LogP contribution in [0.4, 0.5) is 10.1 Å². The van der Waals surface area contributed by atoms with Crippen LogP contribution in [-0.4, -0.2) is 33.8 Å². The highest BCUT2D eigenvalue weighted by atomic mass is 32.2. The van der Waals surface area contributed by atoms with Crippen LogP contribution < -0.4 is 9.62 Å². The van der Waals surface area contributed by atoms with E-state index < -0.39 is 15.3 Å². The lowest BCUT2D eigenvalue weighted by atomic mass is 10.3. The van der Waals surface area contributed by atoms with Crippen LogP contribution in [0.15, 0.2) is 24.3 Å². The molecule has 0 bridgehead atoms. The van der Waals surface area contributed by atoms with Crippen molar-refractivity contribution in [1.29, 1.82) is 0 Å². The fourth-order valence-corrected chi connectivity index (χ4v) is 3.51. The smallest absolute Gasteiger partial charge is 0.239 e. The van der Waals surface area contributed by atoms with Gasteiger partial charge in [0.05, 0.1) is 10.9 Å². The van der Waals surface area contributed by atoms with E-state index >= 15 is 0 Å². The maximum atomic E-state index is 12.8. The predicted octanol–water partition coefficient (Wildman–Crippen LogP) is 0.954. The van der Waals surface area contributed by atoms with Gasteiger partial charge >= 0.3 is 0 Å². The van der Waals surface area contributed by atoms with Crippen LogP contribution in [0, 0.1) is 5.82 Å². The van der Waals surface area contributed by atoms with Crippen molar-refractivity contribution in [3.05, 3.63) is 30.1 Å². The molecule has 1 heterocycles. The van der Waals surface area contributed by atoms with E-state index in [1.54, 1.807) is 0 Å². The number of halogens is 1. The van der Waals surface area contributed by atoms with Crippen LogP contribution >= 0.6 is 0 Å². The Morgan fingerprint density at radius 2 is 2.00 bits per heavy atom. The largest absolute Gasteiger partial charge is 0.315 e.